The van der Waals surface area contributed by atoms with Crippen LogP contribution in [-0.2, 0) is 15.3 Å². The predicted molar refractivity (Wildman–Crippen MR) is 83.5 cm³/mol. The highest BCUT2D eigenvalue weighted by Crippen LogP contribution is 2.25. The summed E-state index contributed by atoms with van der Waals surface area (Å²) in [5.74, 6) is 1.13. The van der Waals surface area contributed by atoms with Crippen molar-refractivity contribution in [2.24, 2.45) is 0 Å². The molecular weight excluding hydrogens is 318 g/mol. The second-order valence-electron chi connectivity index (χ2n) is 4.80. The van der Waals surface area contributed by atoms with Gasteiger partial charge in [0.15, 0.2) is 0 Å². The molecule has 4 nitrogen and oxygen atoms in total. The number of aliphatic hydroxyl groups excluding tert-OH is 1. The van der Waals surface area contributed by atoms with Crippen molar-refractivity contribution >= 4 is 40.6 Å². The molecule has 0 saturated carbocycles. The molecule has 1 aliphatic heterocycles. The number of amides is 1. The maximum Gasteiger partial charge on any atom is 0.230 e. The minimum atomic E-state index is -0.498. The molecule has 0 spiro atoms. The van der Waals surface area contributed by atoms with Crippen LogP contribution in [0.15, 0.2) is 12.1 Å². The molecule has 2 rings (SSSR count). The number of carbonyl (C=O) groups is 1. The first kappa shape index (κ1) is 16.1. The number of hydrogen-bond donors (Lipinski definition) is 2. The topological polar surface area (TPSA) is 58.6 Å². The Labute approximate surface area is 131 Å². The van der Waals surface area contributed by atoms with Crippen molar-refractivity contribution in [1.29, 1.82) is 0 Å². The summed E-state index contributed by atoms with van der Waals surface area (Å²) in [7, 11) is 0. The van der Waals surface area contributed by atoms with E-state index in [9.17, 15) is 9.90 Å². The van der Waals surface area contributed by atoms with E-state index in [1.165, 1.54) is 11.3 Å². The Balaban J connectivity index is 1.74. The van der Waals surface area contributed by atoms with Crippen molar-refractivity contribution in [2.75, 3.05) is 25.6 Å². The van der Waals surface area contributed by atoms with E-state index in [2.05, 4.69) is 5.32 Å². The highest BCUT2D eigenvalue weighted by atomic mass is 35.5. The number of thiophene rings is 1. The lowest BCUT2D eigenvalue weighted by Gasteiger charge is -2.36. The van der Waals surface area contributed by atoms with Crippen LogP contribution in [0.4, 0.5) is 0 Å². The smallest absolute Gasteiger partial charge is 0.230 e. The molecule has 1 amide bonds. The van der Waals surface area contributed by atoms with E-state index in [-0.39, 0.29) is 12.5 Å². The second kappa shape index (κ2) is 7.66. The van der Waals surface area contributed by atoms with Crippen LogP contribution in [0.5, 0.6) is 0 Å². The maximum atomic E-state index is 12.0. The van der Waals surface area contributed by atoms with E-state index in [4.69, 9.17) is 16.3 Å². The number of halogens is 1. The zero-order chi connectivity index (χ0) is 14.4. The summed E-state index contributed by atoms with van der Waals surface area (Å²) in [5, 5.41) is 12.5. The van der Waals surface area contributed by atoms with Gasteiger partial charge in [0.25, 0.3) is 0 Å². The monoisotopic (exact) mass is 335 g/mol. The summed E-state index contributed by atoms with van der Waals surface area (Å²) < 4.78 is 6.04. The molecule has 1 fully saturated rings. The first-order chi connectivity index (χ1) is 9.63. The third-order valence-corrected chi connectivity index (χ3v) is 5.66. The van der Waals surface area contributed by atoms with Gasteiger partial charge in [0, 0.05) is 23.8 Å². The highest BCUT2D eigenvalue weighted by molar-refractivity contribution is 7.99. The number of nitrogens with one attached hydrogen (secondary N) is 1. The molecule has 0 atom stereocenters. The number of ether oxygens (including phenoxy) is 1. The van der Waals surface area contributed by atoms with Crippen LogP contribution in [0, 0.1) is 0 Å². The van der Waals surface area contributed by atoms with Gasteiger partial charge in [-0.2, -0.15) is 0 Å². The highest BCUT2D eigenvalue weighted by Gasteiger charge is 2.33. The van der Waals surface area contributed by atoms with E-state index in [0.29, 0.717) is 31.8 Å². The van der Waals surface area contributed by atoms with Gasteiger partial charge in [0.05, 0.1) is 22.2 Å². The molecule has 1 aromatic heterocycles. The van der Waals surface area contributed by atoms with Crippen LogP contribution >= 0.6 is 34.7 Å². The lowest BCUT2D eigenvalue weighted by molar-refractivity contribution is -0.122. The molecule has 1 aromatic rings. The average Bonchev–Trinajstić information content (AvgIpc) is 2.85. The lowest BCUT2D eigenvalue weighted by Crippen LogP contribution is -2.55. The Kier molecular flexibility index (Phi) is 6.17. The van der Waals surface area contributed by atoms with Gasteiger partial charge in [0.2, 0.25) is 5.91 Å². The van der Waals surface area contributed by atoms with E-state index < -0.39 is 5.54 Å². The van der Waals surface area contributed by atoms with Crippen LogP contribution in [0.3, 0.4) is 0 Å². The van der Waals surface area contributed by atoms with Gasteiger partial charge in [-0.3, -0.25) is 4.79 Å². The van der Waals surface area contributed by atoms with Gasteiger partial charge >= 0.3 is 0 Å². The molecule has 0 unspecified atom stereocenters. The lowest BCUT2D eigenvalue weighted by atomic mass is 9.91. The molecule has 2 N–H and O–H groups in total. The van der Waals surface area contributed by atoms with Gasteiger partial charge in [-0.25, -0.2) is 0 Å². The van der Waals surface area contributed by atoms with Crippen molar-refractivity contribution in [3.05, 3.63) is 21.3 Å². The SMILES string of the molecule is O=C(CSCc1ccc(Cl)s1)NC1(CO)CCOCC1. The number of thioether (sulfide) groups is 1. The summed E-state index contributed by atoms with van der Waals surface area (Å²) in [5.41, 5.74) is -0.498. The number of rotatable bonds is 6. The minimum absolute atomic E-state index is 0.0337. The largest absolute Gasteiger partial charge is 0.394 e. The van der Waals surface area contributed by atoms with Crippen molar-refractivity contribution in [1.82, 2.24) is 5.32 Å². The summed E-state index contributed by atoms with van der Waals surface area (Å²) >= 11 is 8.95. The molecule has 7 heteroatoms. The quantitative estimate of drug-likeness (QED) is 0.837. The van der Waals surface area contributed by atoms with E-state index in [0.717, 1.165) is 15.0 Å². The van der Waals surface area contributed by atoms with E-state index >= 15 is 0 Å². The van der Waals surface area contributed by atoms with Crippen molar-refractivity contribution in [3.8, 4) is 0 Å². The van der Waals surface area contributed by atoms with Gasteiger partial charge in [-0.05, 0) is 25.0 Å². The molecule has 0 bridgehead atoms. The zero-order valence-corrected chi connectivity index (χ0v) is 13.5. The Morgan fingerprint density at radius 3 is 2.85 bits per heavy atom. The fourth-order valence-corrected chi connectivity index (χ4v) is 4.12. The average molecular weight is 336 g/mol. The van der Waals surface area contributed by atoms with Gasteiger partial charge < -0.3 is 15.2 Å². The molecule has 0 radical (unpaired) electrons. The third-order valence-electron chi connectivity index (χ3n) is 3.26. The first-order valence-electron chi connectivity index (χ1n) is 6.45. The van der Waals surface area contributed by atoms with E-state index in [1.807, 2.05) is 12.1 Å². The molecule has 112 valence electrons. The van der Waals surface area contributed by atoms with Gasteiger partial charge in [-0.1, -0.05) is 11.6 Å². The molecule has 1 aliphatic rings. The standard InChI is InChI=1S/C13H18ClNO3S2/c14-11-2-1-10(20-11)7-19-8-12(17)15-13(9-16)3-5-18-6-4-13/h1-2,16H,3-9H2,(H,15,17). The normalized spacial score (nSPS) is 17.9. The van der Waals surface area contributed by atoms with E-state index in [1.54, 1.807) is 11.8 Å². The predicted octanol–water partition coefficient (Wildman–Crippen LogP) is 2.29. The third kappa shape index (κ3) is 4.63. The summed E-state index contributed by atoms with van der Waals surface area (Å²) in [6, 6.07) is 3.84. The molecule has 1 saturated heterocycles. The van der Waals surface area contributed by atoms with Crippen molar-refractivity contribution in [3.63, 3.8) is 0 Å². The number of aliphatic hydroxyl groups is 1. The Bertz CT molecular complexity index is 447. The molecular formula is C13H18ClNO3S2. The van der Waals surface area contributed by atoms with Gasteiger partial charge in [0.1, 0.15) is 0 Å². The molecule has 0 aliphatic carbocycles. The van der Waals surface area contributed by atoms with Crippen LogP contribution in [0.25, 0.3) is 0 Å². The van der Waals surface area contributed by atoms with Crippen molar-refractivity contribution < 1.29 is 14.6 Å². The van der Waals surface area contributed by atoms with Crippen molar-refractivity contribution in [2.45, 2.75) is 24.1 Å². The maximum absolute atomic E-state index is 12.0. The Morgan fingerprint density at radius 1 is 1.50 bits per heavy atom. The molecule has 2 heterocycles. The summed E-state index contributed by atoms with van der Waals surface area (Å²) in [4.78, 5) is 13.1. The number of hydrogen-bond acceptors (Lipinski definition) is 5. The van der Waals surface area contributed by atoms with Crippen LogP contribution in [-0.4, -0.2) is 42.1 Å². The second-order valence-corrected chi connectivity index (χ2v) is 7.58. The minimum Gasteiger partial charge on any atom is -0.394 e. The Hall–Kier alpha value is -0.270. The van der Waals surface area contributed by atoms with Crippen LogP contribution in [0.2, 0.25) is 4.34 Å². The number of carbonyl (C=O) groups excluding carboxylic acids is 1. The summed E-state index contributed by atoms with van der Waals surface area (Å²) in [6.07, 6.45) is 1.33. The van der Waals surface area contributed by atoms with Crippen LogP contribution in [0.1, 0.15) is 17.7 Å². The molecule has 0 aromatic carbocycles. The fraction of sp³-hybridized carbons (Fsp3) is 0.615. The van der Waals surface area contributed by atoms with Gasteiger partial charge in [-0.15, -0.1) is 23.1 Å². The molecule has 20 heavy (non-hydrogen) atoms. The Morgan fingerprint density at radius 2 is 2.25 bits per heavy atom. The first-order valence-corrected chi connectivity index (χ1v) is 8.80. The summed E-state index contributed by atoms with van der Waals surface area (Å²) in [6.45, 7) is 1.14. The van der Waals surface area contributed by atoms with Crippen LogP contribution < -0.4 is 5.32 Å². The zero-order valence-electron chi connectivity index (χ0n) is 11.1. The fourth-order valence-electron chi connectivity index (χ4n) is 2.09.